The van der Waals surface area contributed by atoms with Crippen molar-refractivity contribution in [2.45, 2.75) is 10.4 Å². The maximum absolute atomic E-state index is 13.3. The first-order valence-electron chi connectivity index (χ1n) is 25.7. The third-order valence-corrected chi connectivity index (χ3v) is 14.9. The fourth-order valence-electron chi connectivity index (χ4n) is 8.87. The molecule has 0 aliphatic carbocycles. The van der Waals surface area contributed by atoms with Crippen LogP contribution in [0.25, 0.3) is 21.5 Å². The maximum Gasteiger partial charge on any atom is 0.403 e. The maximum atomic E-state index is 13.3. The van der Waals surface area contributed by atoms with Crippen LogP contribution in [0.3, 0.4) is 0 Å². The van der Waals surface area contributed by atoms with Crippen LogP contribution in [-0.2, 0) is 15.6 Å². The quantitative estimate of drug-likeness (QED) is 0.0494. The number of ketones is 1. The monoisotopic (exact) mass is 1320 g/mol. The van der Waals surface area contributed by atoms with E-state index in [2.05, 4.69) is 0 Å². The lowest BCUT2D eigenvalue weighted by Crippen LogP contribution is -2.52. The summed E-state index contributed by atoms with van der Waals surface area (Å²) in [6.07, 6.45) is 0. The van der Waals surface area contributed by atoms with E-state index in [1.807, 2.05) is 78.9 Å². The molecule has 7 aromatic carbocycles. The number of anilines is 1. The van der Waals surface area contributed by atoms with Crippen molar-refractivity contribution in [1.29, 1.82) is 0 Å². The molecule has 94 heavy (non-hydrogen) atoms. The molecule has 9 N–H and O–H groups in total. The summed E-state index contributed by atoms with van der Waals surface area (Å²) in [6.45, 7) is 0. The van der Waals surface area contributed by atoms with Crippen molar-refractivity contribution in [1.82, 2.24) is 38.2 Å². The van der Waals surface area contributed by atoms with Crippen molar-refractivity contribution in [3.63, 3.8) is 0 Å². The summed E-state index contributed by atoms with van der Waals surface area (Å²) in [4.78, 5) is 143. The van der Waals surface area contributed by atoms with Crippen LogP contribution in [0, 0.1) is 20.2 Å². The van der Waals surface area contributed by atoms with Crippen LogP contribution in [0.15, 0.2) is 208 Å². The highest BCUT2D eigenvalue weighted by Gasteiger charge is 2.54. The zero-order valence-corrected chi connectivity index (χ0v) is 48.3. The number of sulfonamides is 1. The molecule has 12 rings (SSSR count). The SMILES string of the molecule is CN(O)C(=O)c1cc([N+](=O)[O-])cc([N+](=O)[O-])c1.CN(O)C(=O)c1ccccc1.O=C1c2ccccc2N(O)C1(c1ccccc1)c1ccccc1.O=C1c2ccccc2S(=O)(=O)N1O.O=c1c2cc3c(=O)n(O)c(=O)c3cc2c(=O)n1O.O=c1n(O)c(=O)n(O)c(=O)n1O. The van der Waals surface area contributed by atoms with Gasteiger partial charge in [0.2, 0.25) is 5.78 Å². The summed E-state index contributed by atoms with van der Waals surface area (Å²) >= 11 is 0. The fraction of sp³-hybridized carbons (Fsp3) is 0.0536. The van der Waals surface area contributed by atoms with Crippen molar-refractivity contribution in [2.24, 2.45) is 0 Å². The van der Waals surface area contributed by atoms with Crippen LogP contribution in [0.1, 0.15) is 52.6 Å². The van der Waals surface area contributed by atoms with Gasteiger partial charge in [-0.15, -0.1) is 13.9 Å². The number of hydroxylamine groups is 6. The zero-order valence-electron chi connectivity index (χ0n) is 47.5. The summed E-state index contributed by atoms with van der Waals surface area (Å²) in [7, 11) is -1.69. The van der Waals surface area contributed by atoms with Gasteiger partial charge in [0.15, 0.2) is 5.54 Å². The van der Waals surface area contributed by atoms with Gasteiger partial charge in [-0.25, -0.2) is 29.6 Å². The Balaban J connectivity index is 0.000000163. The molecule has 0 bridgehead atoms. The van der Waals surface area contributed by atoms with E-state index < -0.39 is 108 Å². The predicted molar refractivity (Wildman–Crippen MR) is 314 cm³/mol. The minimum atomic E-state index is -3.99. The lowest BCUT2D eigenvalue weighted by molar-refractivity contribution is -0.394. The average Bonchev–Trinajstić information content (AvgIpc) is 1.55. The number of nitro benzene ring substituents is 2. The Morgan fingerprint density at radius 1 is 0.447 bits per heavy atom. The first-order valence-corrected chi connectivity index (χ1v) is 27.2. The molecular weight excluding hydrogens is 1270 g/mol. The van der Waals surface area contributed by atoms with Gasteiger partial charge in [-0.1, -0.05) is 117 Å². The van der Waals surface area contributed by atoms with Crippen LogP contribution < -0.4 is 44.4 Å². The Hall–Kier alpha value is -13.3. The van der Waals surface area contributed by atoms with Gasteiger partial charge in [0.1, 0.15) is 4.90 Å². The number of carbonyl (C=O) groups excluding carboxylic acids is 4. The molecule has 5 heterocycles. The van der Waals surface area contributed by atoms with Gasteiger partial charge in [0, 0.05) is 37.4 Å². The number of Topliss-reactive ketones (excluding diaryl/α,β-unsaturated/α-hetero) is 1. The Morgan fingerprint density at radius 3 is 1.15 bits per heavy atom. The van der Waals surface area contributed by atoms with Gasteiger partial charge in [-0.3, -0.25) is 79.4 Å². The van der Waals surface area contributed by atoms with E-state index in [9.17, 15) is 86.6 Å². The number of nitrogens with zero attached hydrogens (tertiary/aromatic N) is 11. The molecular formula is C56H43N11O26S. The predicted octanol–water partition coefficient (Wildman–Crippen LogP) is 1.63. The second-order valence-corrected chi connectivity index (χ2v) is 20.7. The largest absolute Gasteiger partial charge is 0.422 e. The number of nitro groups is 2. The number of amides is 3. The first kappa shape index (κ1) is 68.2. The van der Waals surface area contributed by atoms with Gasteiger partial charge < -0.3 is 26.0 Å². The third-order valence-electron chi connectivity index (χ3n) is 13.3. The second kappa shape index (κ2) is 27.2. The minimum absolute atomic E-state index is 0.00463. The van der Waals surface area contributed by atoms with Crippen molar-refractivity contribution >= 4 is 72.1 Å². The summed E-state index contributed by atoms with van der Waals surface area (Å²) in [5, 5.41) is 103. The van der Waals surface area contributed by atoms with Crippen LogP contribution in [0.2, 0.25) is 0 Å². The number of hydrogen-bond acceptors (Lipinski definition) is 27. The number of rotatable bonds is 6. The summed E-state index contributed by atoms with van der Waals surface area (Å²) in [5.74, 6) is -2.40. The Kier molecular flexibility index (Phi) is 19.7. The molecule has 38 heteroatoms. The van der Waals surface area contributed by atoms with Crippen molar-refractivity contribution in [2.75, 3.05) is 19.2 Å². The number of carbonyl (C=O) groups is 4. The summed E-state index contributed by atoms with van der Waals surface area (Å²) in [6, 6.07) is 44.7. The van der Waals surface area contributed by atoms with Gasteiger partial charge in [0.25, 0.3) is 61.4 Å². The molecule has 0 unspecified atom stereocenters. The van der Waals surface area contributed by atoms with Crippen LogP contribution in [0.4, 0.5) is 17.1 Å². The number of para-hydroxylation sites is 1. The van der Waals surface area contributed by atoms with Gasteiger partial charge >= 0.3 is 17.1 Å². The Labute approximate surface area is 519 Å². The first-order chi connectivity index (χ1) is 44.2. The molecule has 0 atom stereocenters. The minimum Gasteiger partial charge on any atom is -0.422 e. The third kappa shape index (κ3) is 12.8. The zero-order chi connectivity index (χ0) is 69.6. The van der Waals surface area contributed by atoms with Crippen molar-refractivity contribution in [3.8, 4) is 0 Å². The highest BCUT2D eigenvalue weighted by Crippen LogP contribution is 2.47. The molecule has 0 saturated heterocycles. The molecule has 37 nitrogen and oxygen atoms in total. The second-order valence-electron chi connectivity index (χ2n) is 19.0. The molecule has 10 aromatic rings. The van der Waals surface area contributed by atoms with Gasteiger partial charge in [-0.2, -0.15) is 8.42 Å². The highest BCUT2D eigenvalue weighted by atomic mass is 32.2. The number of benzene rings is 7. The Bertz CT molecular complexity index is 4870. The van der Waals surface area contributed by atoms with E-state index in [-0.39, 0.29) is 62.3 Å². The van der Waals surface area contributed by atoms with Crippen LogP contribution in [-0.4, -0.2) is 141 Å². The number of fused-ring (bicyclic) bond motifs is 4. The van der Waals surface area contributed by atoms with E-state index in [1.165, 1.54) is 31.3 Å². The molecule has 0 radical (unpaired) electrons. The molecule has 484 valence electrons. The molecule has 3 amide bonds. The topological polar surface area (TPSA) is 528 Å². The van der Waals surface area contributed by atoms with E-state index in [1.54, 1.807) is 36.4 Å². The Morgan fingerprint density at radius 2 is 0.787 bits per heavy atom. The lowest BCUT2D eigenvalue weighted by atomic mass is 9.79. The number of non-ortho nitro benzene ring substituents is 2. The lowest BCUT2D eigenvalue weighted by Gasteiger charge is -2.35. The number of aromatic nitrogens is 5. The van der Waals surface area contributed by atoms with Gasteiger partial charge in [-0.05, 0) is 59.7 Å². The van der Waals surface area contributed by atoms with E-state index >= 15 is 0 Å². The number of hydrogen-bond donors (Lipinski definition) is 9. The van der Waals surface area contributed by atoms with E-state index in [0.29, 0.717) is 21.9 Å². The van der Waals surface area contributed by atoms with Crippen LogP contribution >= 0.6 is 0 Å². The van der Waals surface area contributed by atoms with E-state index in [0.717, 1.165) is 53.6 Å². The fourth-order valence-corrected chi connectivity index (χ4v) is 10.1. The van der Waals surface area contributed by atoms with E-state index in [4.69, 9.17) is 41.7 Å². The molecule has 2 aliphatic rings. The van der Waals surface area contributed by atoms with Gasteiger partial charge in [0.05, 0.1) is 54.3 Å². The normalized spacial score (nSPS) is 12.7. The molecule has 0 spiro atoms. The highest BCUT2D eigenvalue weighted by molar-refractivity contribution is 7.90. The van der Waals surface area contributed by atoms with Crippen molar-refractivity contribution < 1.29 is 84.3 Å². The molecule has 0 fully saturated rings. The smallest absolute Gasteiger partial charge is 0.403 e. The molecule has 3 aromatic heterocycles. The standard InChI is InChI=1S/C20H15NO2.C10H4N2O6.C8H7N3O6.C8H9NO2.C7H5NO4S.C3H3N3O6/c22-19-17-13-7-8-14-18(17)21(23)20(19,15-9-3-1-4-10-15)16-11-5-2-6-12-16;13-7-3-1-4-6(10(16)12(18)8(4)14)2-5(3)9(15)11(7)17;1-9(13)8(12)5-2-6(10(14)15)4-7(3-5)11(16)17;1-9(11)8(10)7-5-3-2-4-6-7;9-7-5-3-1-2-4-6(5)13(11,12)8(7)10;7-1-4(10)2(8)6(12)3(9)5(1)11/h1-14,23H;1-2,17-18H;2-4,13H,1H3;2-6,11H,1H3;1-4,10H;10-12H. The van der Waals surface area contributed by atoms with Crippen molar-refractivity contribution in [3.05, 3.63) is 296 Å². The summed E-state index contributed by atoms with van der Waals surface area (Å²) < 4.78 is 20.2. The van der Waals surface area contributed by atoms with Crippen LogP contribution in [0.5, 0.6) is 0 Å². The average molecular weight is 1320 g/mol. The molecule has 0 saturated carbocycles. The summed E-state index contributed by atoms with van der Waals surface area (Å²) in [5.41, 5.74) is -8.61. The molecule has 2 aliphatic heterocycles.